The largest absolute Gasteiger partial charge is 0.382 e. The molecule has 0 unspecified atom stereocenters. The van der Waals surface area contributed by atoms with Crippen LogP contribution in [0, 0.1) is 0 Å². The van der Waals surface area contributed by atoms with Crippen LogP contribution in [0.15, 0.2) is 6.07 Å². The highest BCUT2D eigenvalue weighted by atomic mass is 16.5. The Morgan fingerprint density at radius 2 is 2.46 bits per heavy atom. The van der Waals surface area contributed by atoms with Crippen molar-refractivity contribution in [1.29, 1.82) is 0 Å². The summed E-state index contributed by atoms with van der Waals surface area (Å²) in [5.41, 5.74) is 6.70. The molecule has 3 heterocycles. The smallest absolute Gasteiger partial charge is 0.145 e. The molecule has 1 aromatic rings. The van der Waals surface area contributed by atoms with E-state index in [-0.39, 0.29) is 0 Å². The molecular formula is C9H13N3O. The summed E-state index contributed by atoms with van der Waals surface area (Å²) in [5.74, 6) is 1.08. The molecule has 3 N–H and O–H groups in total. The number of hydrogen-bond donors (Lipinski definition) is 2. The molecular weight excluding hydrogens is 166 g/mol. The van der Waals surface area contributed by atoms with E-state index in [1.807, 2.05) is 6.07 Å². The first kappa shape index (κ1) is 7.38. The average Bonchev–Trinajstić information content (AvgIpc) is 2.77. The molecule has 4 heteroatoms. The van der Waals surface area contributed by atoms with E-state index >= 15 is 0 Å². The van der Waals surface area contributed by atoms with Crippen LogP contribution in [0.5, 0.6) is 0 Å². The van der Waals surface area contributed by atoms with E-state index in [0.717, 1.165) is 12.1 Å². The van der Waals surface area contributed by atoms with Crippen LogP contribution in [0.3, 0.4) is 0 Å². The maximum Gasteiger partial charge on any atom is 0.145 e. The van der Waals surface area contributed by atoms with Gasteiger partial charge in [0.1, 0.15) is 5.82 Å². The van der Waals surface area contributed by atoms with Crippen molar-refractivity contribution in [3.8, 4) is 0 Å². The highest BCUT2D eigenvalue weighted by Gasteiger charge is 2.42. The first-order valence-corrected chi connectivity index (χ1v) is 4.79. The summed E-state index contributed by atoms with van der Waals surface area (Å²) in [6.45, 7) is 0. The van der Waals surface area contributed by atoms with Gasteiger partial charge in [-0.25, -0.2) is 0 Å². The van der Waals surface area contributed by atoms with Crippen molar-refractivity contribution in [1.82, 2.24) is 10.2 Å². The molecule has 0 spiro atoms. The highest BCUT2D eigenvalue weighted by molar-refractivity contribution is 5.31. The van der Waals surface area contributed by atoms with Crippen LogP contribution in [0.1, 0.15) is 30.9 Å². The van der Waals surface area contributed by atoms with E-state index in [9.17, 15) is 0 Å². The molecule has 0 amide bonds. The number of hydrogen-bond acceptors (Lipinski definition) is 3. The van der Waals surface area contributed by atoms with Crippen LogP contribution in [0.2, 0.25) is 0 Å². The minimum Gasteiger partial charge on any atom is -0.382 e. The molecule has 0 saturated carbocycles. The Bertz CT molecular complexity index is 322. The van der Waals surface area contributed by atoms with Crippen LogP contribution in [0.25, 0.3) is 0 Å². The van der Waals surface area contributed by atoms with Crippen molar-refractivity contribution in [2.45, 2.75) is 37.4 Å². The predicted octanol–water partition coefficient (Wildman–Crippen LogP) is 1.03. The first-order chi connectivity index (χ1) is 6.33. The van der Waals surface area contributed by atoms with Crippen LogP contribution < -0.4 is 5.73 Å². The van der Waals surface area contributed by atoms with Gasteiger partial charge in [-0.05, 0) is 19.3 Å². The van der Waals surface area contributed by atoms with Gasteiger partial charge >= 0.3 is 0 Å². The monoisotopic (exact) mass is 179 g/mol. The van der Waals surface area contributed by atoms with E-state index < -0.39 is 0 Å². The molecule has 2 fully saturated rings. The Kier molecular flexibility index (Phi) is 1.41. The van der Waals surface area contributed by atoms with Gasteiger partial charge in [0.25, 0.3) is 0 Å². The fourth-order valence-electron chi connectivity index (χ4n) is 2.51. The SMILES string of the molecule is Nc1cc([C@@H]2C[C@H]3CC[C@@H]2O3)[nH]n1. The number of nitrogens with one attached hydrogen (secondary N) is 1. The lowest BCUT2D eigenvalue weighted by molar-refractivity contribution is 0.100. The fourth-order valence-corrected chi connectivity index (χ4v) is 2.51. The number of nitrogens with zero attached hydrogens (tertiary/aromatic N) is 1. The molecule has 3 rings (SSSR count). The molecule has 4 nitrogen and oxygen atoms in total. The molecule has 2 aliphatic rings. The van der Waals surface area contributed by atoms with Gasteiger partial charge in [-0.2, -0.15) is 5.10 Å². The zero-order chi connectivity index (χ0) is 8.84. The molecule has 2 saturated heterocycles. The van der Waals surface area contributed by atoms with Gasteiger partial charge in [0.2, 0.25) is 0 Å². The number of fused-ring (bicyclic) bond motifs is 2. The first-order valence-electron chi connectivity index (χ1n) is 4.79. The van der Waals surface area contributed by atoms with E-state index in [1.165, 1.54) is 12.8 Å². The Balaban J connectivity index is 1.87. The third-order valence-corrected chi connectivity index (χ3v) is 3.12. The van der Waals surface area contributed by atoms with Crippen molar-refractivity contribution in [2.75, 3.05) is 5.73 Å². The molecule has 2 bridgehead atoms. The van der Waals surface area contributed by atoms with Crippen molar-refractivity contribution < 1.29 is 4.74 Å². The lowest BCUT2D eigenvalue weighted by atomic mass is 9.87. The number of nitrogens with two attached hydrogens (primary N) is 1. The number of rotatable bonds is 1. The van der Waals surface area contributed by atoms with Gasteiger partial charge in [-0.15, -0.1) is 0 Å². The third-order valence-electron chi connectivity index (χ3n) is 3.12. The topological polar surface area (TPSA) is 63.9 Å². The summed E-state index contributed by atoms with van der Waals surface area (Å²) in [6, 6.07) is 1.93. The highest BCUT2D eigenvalue weighted by Crippen LogP contribution is 2.43. The van der Waals surface area contributed by atoms with Crippen LogP contribution in [-0.2, 0) is 4.74 Å². The van der Waals surface area contributed by atoms with E-state index in [1.54, 1.807) is 0 Å². The molecule has 2 aliphatic heterocycles. The normalized spacial score (nSPS) is 37.1. The molecule has 0 aromatic carbocycles. The van der Waals surface area contributed by atoms with Crippen molar-refractivity contribution in [3.63, 3.8) is 0 Å². The Morgan fingerprint density at radius 3 is 3.00 bits per heavy atom. The molecule has 0 aliphatic carbocycles. The van der Waals surface area contributed by atoms with Crippen molar-refractivity contribution >= 4 is 5.82 Å². The number of H-pyrrole nitrogens is 1. The third kappa shape index (κ3) is 1.05. The zero-order valence-corrected chi connectivity index (χ0v) is 7.36. The van der Waals surface area contributed by atoms with Gasteiger partial charge in [-0.1, -0.05) is 0 Å². The second-order valence-corrected chi connectivity index (χ2v) is 3.96. The summed E-state index contributed by atoms with van der Waals surface area (Å²) in [5, 5.41) is 6.92. The summed E-state index contributed by atoms with van der Waals surface area (Å²) in [4.78, 5) is 0. The van der Waals surface area contributed by atoms with Crippen LogP contribution >= 0.6 is 0 Å². The number of aromatic nitrogens is 2. The summed E-state index contributed by atoms with van der Waals surface area (Å²) < 4.78 is 5.76. The van der Waals surface area contributed by atoms with Gasteiger partial charge in [-0.3, -0.25) is 5.10 Å². The predicted molar refractivity (Wildman–Crippen MR) is 48.3 cm³/mol. The zero-order valence-electron chi connectivity index (χ0n) is 7.36. The van der Waals surface area contributed by atoms with Gasteiger partial charge in [0.05, 0.1) is 12.2 Å². The second kappa shape index (κ2) is 2.48. The van der Waals surface area contributed by atoms with Gasteiger partial charge < -0.3 is 10.5 Å². The molecule has 3 atom stereocenters. The number of aromatic amines is 1. The Morgan fingerprint density at radius 1 is 1.54 bits per heavy atom. The molecule has 70 valence electrons. The fraction of sp³-hybridized carbons (Fsp3) is 0.667. The summed E-state index contributed by atoms with van der Waals surface area (Å²) in [6.07, 6.45) is 4.44. The quantitative estimate of drug-likeness (QED) is 0.676. The number of anilines is 1. The Hall–Kier alpha value is -1.03. The van der Waals surface area contributed by atoms with Crippen LogP contribution in [0.4, 0.5) is 5.82 Å². The van der Waals surface area contributed by atoms with E-state index in [2.05, 4.69) is 10.2 Å². The van der Waals surface area contributed by atoms with Crippen LogP contribution in [-0.4, -0.2) is 22.4 Å². The second-order valence-electron chi connectivity index (χ2n) is 3.96. The lowest BCUT2D eigenvalue weighted by Gasteiger charge is -2.15. The summed E-state index contributed by atoms with van der Waals surface area (Å²) >= 11 is 0. The number of nitrogen functional groups attached to an aromatic ring is 1. The molecule has 13 heavy (non-hydrogen) atoms. The maximum atomic E-state index is 5.76. The average molecular weight is 179 g/mol. The minimum absolute atomic E-state index is 0.407. The molecule has 1 aromatic heterocycles. The maximum absolute atomic E-state index is 5.76. The molecule has 0 radical (unpaired) electrons. The lowest BCUT2D eigenvalue weighted by Crippen LogP contribution is -2.14. The van der Waals surface area contributed by atoms with Gasteiger partial charge in [0, 0.05) is 17.7 Å². The minimum atomic E-state index is 0.407. The van der Waals surface area contributed by atoms with E-state index in [4.69, 9.17) is 10.5 Å². The standard InChI is InChI=1S/C9H13N3O/c10-9-4-7(11-12-9)6-3-5-1-2-8(6)13-5/h4-6,8H,1-3H2,(H3,10,11,12)/t5-,6+,8+/m1/s1. The van der Waals surface area contributed by atoms with Crippen molar-refractivity contribution in [2.24, 2.45) is 0 Å². The number of ether oxygens (including phenoxy) is 1. The Labute approximate surface area is 76.5 Å². The van der Waals surface area contributed by atoms with E-state index in [0.29, 0.717) is 23.9 Å². The van der Waals surface area contributed by atoms with Gasteiger partial charge in [0.15, 0.2) is 0 Å². The summed E-state index contributed by atoms with van der Waals surface area (Å²) in [7, 11) is 0. The van der Waals surface area contributed by atoms with Crippen molar-refractivity contribution in [3.05, 3.63) is 11.8 Å².